The minimum atomic E-state index is -4.95. The molecule has 17 N–H and O–H groups in total. The Labute approximate surface area is 837 Å². The number of carboxylic acids is 7. The van der Waals surface area contributed by atoms with Gasteiger partial charge in [-0.1, -0.05) is 32.8 Å². The number of rotatable bonds is 60. The lowest BCUT2D eigenvalue weighted by Crippen LogP contribution is -2.54. The SMILES string of the molecule is CC1(C)C(/C=C/C2=C(Oc3ccc(S(=O)(=O)O)cc3)C(=C/C=C3/N(CCCCS(=O)(=O)O)c4ccc(S(=O)(=O)O)cc4C3(C)C)/CCC2)=[N+](CCCCCC(=O)NCCCC[C@H](NC(=O)CN2CCN(CC(=O)O)CCN(CC(=O)O)CCN(CC(=O)O)CC2)C(=O)N[C@@H](CCCCNC(=O)CCCCCCC(=O)NCCCC[C@H](NC(=O)N[C@@H](CCC(=O)O)C(=O)O)C(=O)O)C(=O)O)c2ccc(S(=O)(=O)[O-])cc21. The van der Waals surface area contributed by atoms with E-state index in [1.807, 2.05) is 61.5 Å². The van der Waals surface area contributed by atoms with E-state index in [1.54, 1.807) is 25.7 Å². The first-order chi connectivity index (χ1) is 67.7. The number of anilines is 1. The first kappa shape index (κ1) is 119. The zero-order valence-electron chi connectivity index (χ0n) is 81.2. The number of nitrogens with one attached hydrogen (secondary N) is 7. The van der Waals surface area contributed by atoms with Gasteiger partial charge in [-0.3, -0.25) is 76.4 Å². The Morgan fingerprint density at radius 1 is 0.444 bits per heavy atom. The van der Waals surface area contributed by atoms with Gasteiger partial charge in [-0.2, -0.15) is 29.8 Å². The largest absolute Gasteiger partial charge is 0.744 e. The summed E-state index contributed by atoms with van der Waals surface area (Å²) in [5, 5.41) is 85.3. The number of aliphatic carboxylic acids is 7. The van der Waals surface area contributed by atoms with Crippen LogP contribution in [-0.2, 0) is 109 Å². The molecule has 3 aliphatic heterocycles. The zero-order valence-corrected chi connectivity index (χ0v) is 84.4. The molecule has 0 radical (unpaired) electrons. The van der Waals surface area contributed by atoms with Gasteiger partial charge in [-0.25, -0.2) is 27.6 Å². The molecule has 46 nitrogen and oxygen atoms in total. The molecule has 0 unspecified atom stereocenters. The summed E-state index contributed by atoms with van der Waals surface area (Å²) in [5.74, 6) is -11.5. The van der Waals surface area contributed by atoms with Gasteiger partial charge < -0.3 is 87.2 Å². The summed E-state index contributed by atoms with van der Waals surface area (Å²) in [6, 6.07) is 6.41. The third kappa shape index (κ3) is 40.4. The third-order valence-corrected chi connectivity index (χ3v) is 28.5. The second kappa shape index (κ2) is 56.7. The van der Waals surface area contributed by atoms with E-state index in [-0.39, 0.29) is 184 Å². The van der Waals surface area contributed by atoms with E-state index in [2.05, 4.69) is 37.2 Å². The van der Waals surface area contributed by atoms with Crippen LogP contribution in [0.5, 0.6) is 5.75 Å². The van der Waals surface area contributed by atoms with E-state index in [1.165, 1.54) is 42.5 Å². The summed E-state index contributed by atoms with van der Waals surface area (Å²) in [6.07, 6.45) is 13.3. The molecule has 4 atom stereocenters. The van der Waals surface area contributed by atoms with Crippen LogP contribution in [0.1, 0.15) is 206 Å². The van der Waals surface area contributed by atoms with Gasteiger partial charge in [0, 0.05) is 145 Å². The normalized spacial score (nSPS) is 17.1. The topological polar surface area (TPSA) is 696 Å². The number of ether oxygens (including phenoxy) is 1. The fraction of sp³-hybridized carbons (Fsp3) is 0.574. The van der Waals surface area contributed by atoms with E-state index >= 15 is 0 Å². The van der Waals surface area contributed by atoms with E-state index in [0.717, 1.165) is 12.1 Å². The maximum absolute atomic E-state index is 14.4. The van der Waals surface area contributed by atoms with Gasteiger partial charge in [0.15, 0.2) is 5.71 Å². The summed E-state index contributed by atoms with van der Waals surface area (Å²) in [6.45, 7) is 7.34. The fourth-order valence-electron chi connectivity index (χ4n) is 17.4. The van der Waals surface area contributed by atoms with Gasteiger partial charge in [0.1, 0.15) is 52.3 Å². The van der Waals surface area contributed by atoms with Crippen molar-refractivity contribution in [3.63, 3.8) is 0 Å². The molecule has 1 fully saturated rings. The molecule has 3 aromatic carbocycles. The molecule has 0 saturated carbocycles. The number of carboxylic acid groups (broad SMARTS) is 7. The van der Waals surface area contributed by atoms with Crippen molar-refractivity contribution in [1.29, 1.82) is 0 Å². The number of urea groups is 1. The highest BCUT2D eigenvalue weighted by atomic mass is 32.2. The Kier molecular flexibility index (Phi) is 46.9. The highest BCUT2D eigenvalue weighted by molar-refractivity contribution is 7.86. The van der Waals surface area contributed by atoms with Crippen molar-refractivity contribution in [3.05, 3.63) is 119 Å². The van der Waals surface area contributed by atoms with Crippen molar-refractivity contribution in [3.8, 4) is 5.75 Å². The van der Waals surface area contributed by atoms with Crippen molar-refractivity contribution < 1.29 is 159 Å². The Morgan fingerprint density at radius 2 is 0.896 bits per heavy atom. The first-order valence-electron chi connectivity index (χ1n) is 47.8. The van der Waals surface area contributed by atoms with Crippen LogP contribution in [0.15, 0.2) is 122 Å². The van der Waals surface area contributed by atoms with Gasteiger partial charge in [0.25, 0.3) is 30.4 Å². The zero-order chi connectivity index (χ0) is 106. The number of hydrogen-bond acceptors (Lipinski definition) is 28. The van der Waals surface area contributed by atoms with Crippen LogP contribution in [0.4, 0.5) is 16.2 Å². The molecule has 1 aliphatic carbocycles. The molecule has 1 saturated heterocycles. The van der Waals surface area contributed by atoms with Crippen molar-refractivity contribution in [2.24, 2.45) is 0 Å². The Hall–Kier alpha value is -11.7. The second-order valence-corrected chi connectivity index (χ2v) is 42.7. The summed E-state index contributed by atoms with van der Waals surface area (Å²) in [7, 11) is -18.6. The first-order valence-corrected chi connectivity index (χ1v) is 53.7. The molecule has 0 bridgehead atoms. The number of allylic oxidation sites excluding steroid dienone is 7. The molecule has 3 heterocycles. The van der Waals surface area contributed by atoms with Crippen LogP contribution in [0.3, 0.4) is 0 Å². The maximum atomic E-state index is 14.4. The molecule has 4 aliphatic rings. The second-order valence-electron chi connectivity index (χ2n) is 37.0. The Morgan fingerprint density at radius 3 is 1.36 bits per heavy atom. The minimum absolute atomic E-state index is 0.0501. The van der Waals surface area contributed by atoms with Gasteiger partial charge >= 0.3 is 47.8 Å². The third-order valence-electron chi connectivity index (χ3n) is 25.1. The number of unbranched alkanes of at least 4 members (excludes halogenated alkanes) is 9. The lowest BCUT2D eigenvalue weighted by molar-refractivity contribution is -0.438. The number of fused-ring (bicyclic) bond motifs is 2. The van der Waals surface area contributed by atoms with Crippen LogP contribution >= 0.6 is 0 Å². The monoisotopic (exact) mass is 2100 g/mol. The molecule has 798 valence electrons. The van der Waals surface area contributed by atoms with E-state index in [0.29, 0.717) is 134 Å². The molecule has 144 heavy (non-hydrogen) atoms. The van der Waals surface area contributed by atoms with E-state index in [9.17, 15) is 145 Å². The lowest BCUT2D eigenvalue weighted by Gasteiger charge is -2.33. The summed E-state index contributed by atoms with van der Waals surface area (Å²) >= 11 is 0. The minimum Gasteiger partial charge on any atom is -0.744 e. The predicted octanol–water partition coefficient (Wildman–Crippen LogP) is 5.17. The van der Waals surface area contributed by atoms with E-state index < -0.39 is 190 Å². The predicted molar refractivity (Wildman–Crippen MR) is 521 cm³/mol. The molecule has 0 spiro atoms. The Bertz CT molecular complexity index is 5680. The summed E-state index contributed by atoms with van der Waals surface area (Å²) < 4.78 is 149. The molecule has 50 heteroatoms. The molecule has 7 rings (SSSR count). The van der Waals surface area contributed by atoms with Crippen molar-refractivity contribution in [2.75, 3.05) is 122 Å². The molecular formula is C94H135N13O33S4. The smallest absolute Gasteiger partial charge is 0.326 e. The number of amides is 7. The summed E-state index contributed by atoms with van der Waals surface area (Å²) in [4.78, 5) is 170. The van der Waals surface area contributed by atoms with Gasteiger partial charge in [-0.05, 0) is 219 Å². The van der Waals surface area contributed by atoms with Gasteiger partial charge in [0.2, 0.25) is 35.2 Å². The van der Waals surface area contributed by atoms with Crippen LogP contribution in [0.25, 0.3) is 0 Å². The summed E-state index contributed by atoms with van der Waals surface area (Å²) in [5.41, 5.74) is 2.85. The molecule has 0 aromatic heterocycles. The van der Waals surface area contributed by atoms with Crippen LogP contribution < -0.4 is 46.9 Å². The highest BCUT2D eigenvalue weighted by Gasteiger charge is 2.46. The van der Waals surface area contributed by atoms with Crippen molar-refractivity contribution in [2.45, 2.75) is 244 Å². The van der Waals surface area contributed by atoms with Crippen LogP contribution in [-0.4, -0.2) is 336 Å². The van der Waals surface area contributed by atoms with Gasteiger partial charge in [-0.15, -0.1) is 0 Å². The van der Waals surface area contributed by atoms with E-state index in [4.69, 9.17) is 9.84 Å². The van der Waals surface area contributed by atoms with Gasteiger partial charge in [0.05, 0.1) is 52.0 Å². The van der Waals surface area contributed by atoms with Crippen molar-refractivity contribution >= 4 is 135 Å². The maximum Gasteiger partial charge on any atom is 0.326 e. The number of carbonyl (C=O) groups excluding carboxylic acids is 6. The average Bonchev–Trinajstić information content (AvgIpc) is 1.59. The Balaban J connectivity index is 0.994. The standard InChI is InChI=1S/C94H135N13O33S4/c1-93(2)69-57-67(143(134,135)136)35-38-75(69)106(77(93)40-29-63-21-20-22-64(87(63)140-65-31-33-66(34-32-65)142(131,132)133)30-41-78-94(3,4)70-58-68(144(137,138)139)36-39-76(70)107(78)47-18-19-56-141(128,129)130)46-17-7-10-28-81(110)95-43-14-11-23-71(98-82(111)59-102-48-50-103(60-84(114)115)52-54-105(62-86(118)119)55-53-104(51-49-102)61-85(116)117)88(120)99-72(89(121)122)24-12-15-44-96-79(108)26-8-5-6-9-27-80(109)97-45-16-13-25-73(90(123)124)100-92(127)101-74(91(125)126)37-42-83(112)113/h29-36,38-41,57-58,71-74H,5-28,37,42-56,59-62H2,1-4H3,(H17-,95,96,97,98,99,100,101,108,109,110,111,112,113,114,115,116,117,118,119,120,121,122,123,124,125,126,127,128,129,130,131,132,133,134,135,136,137,138,139)/t71-,72-,73-,74-/m0/s1. The highest BCUT2D eigenvalue weighted by Crippen LogP contribution is 2.49. The number of benzene rings is 3. The fourth-order valence-corrected chi connectivity index (χ4v) is 19.4. The molecular weight excluding hydrogens is 1970 g/mol. The molecule has 7 amide bonds. The molecule has 3 aromatic rings. The number of hydrogen-bond donors (Lipinski definition) is 17. The van der Waals surface area contributed by atoms with Crippen LogP contribution in [0.2, 0.25) is 0 Å². The van der Waals surface area contributed by atoms with Crippen molar-refractivity contribution in [1.82, 2.24) is 56.8 Å². The lowest BCUT2D eigenvalue weighted by atomic mass is 9.81. The average molecular weight is 2100 g/mol. The quantitative estimate of drug-likeness (QED) is 0.0197. The number of nitrogens with zero attached hydrogens (tertiary/aromatic N) is 6. The van der Waals surface area contributed by atoms with Crippen LogP contribution in [0, 0.1) is 0 Å². The number of carbonyl (C=O) groups is 13.